The van der Waals surface area contributed by atoms with Gasteiger partial charge in [0.2, 0.25) is 0 Å². The van der Waals surface area contributed by atoms with Crippen LogP contribution in [0.25, 0.3) is 10.9 Å². The Bertz CT molecular complexity index is 389. The van der Waals surface area contributed by atoms with E-state index < -0.39 is 0 Å². The molecule has 0 saturated carbocycles. The fourth-order valence-corrected chi connectivity index (χ4v) is 1.25. The minimum atomic E-state index is -0.177. The van der Waals surface area contributed by atoms with Gasteiger partial charge in [-0.2, -0.15) is 0 Å². The van der Waals surface area contributed by atoms with Gasteiger partial charge in [-0.1, -0.05) is 0 Å². The van der Waals surface area contributed by atoms with Crippen LogP contribution in [0.2, 0.25) is 0 Å². The van der Waals surface area contributed by atoms with Crippen LogP contribution in [0.5, 0.6) is 0 Å². The first kappa shape index (κ1) is 6.40. The summed E-state index contributed by atoms with van der Waals surface area (Å²) in [6.45, 7) is 0. The zero-order chi connectivity index (χ0) is 7.84. The van der Waals surface area contributed by atoms with Gasteiger partial charge in [0, 0.05) is 24.1 Å². The number of rotatable bonds is 0. The average molecular weight is 148 g/mol. The van der Waals surface area contributed by atoms with Crippen molar-refractivity contribution in [1.82, 2.24) is 4.57 Å². The van der Waals surface area contributed by atoms with Gasteiger partial charge in [-0.3, -0.25) is 0 Å². The molecule has 2 aromatic rings. The third-order valence-electron chi connectivity index (χ3n) is 1.85. The van der Waals surface area contributed by atoms with Gasteiger partial charge in [0.25, 0.3) is 0 Å². The average Bonchev–Trinajstić information content (AvgIpc) is 2.32. The Morgan fingerprint density at radius 1 is 1.27 bits per heavy atom. The van der Waals surface area contributed by atoms with Gasteiger partial charge in [0.1, 0.15) is 5.82 Å². The van der Waals surface area contributed by atoms with E-state index in [2.05, 4.69) is 0 Å². The summed E-state index contributed by atoms with van der Waals surface area (Å²) in [6, 6.07) is 6.70. The second-order valence-corrected chi connectivity index (χ2v) is 2.63. The van der Waals surface area contributed by atoms with Crippen molar-refractivity contribution >= 4 is 10.9 Å². The molecule has 1 aromatic carbocycles. The first-order chi connectivity index (χ1) is 5.27. The van der Waals surface area contributed by atoms with Crippen molar-refractivity contribution in [2.24, 2.45) is 7.05 Å². The molecule has 2 rings (SSSR count). The van der Waals surface area contributed by atoms with Gasteiger partial charge in [-0.05, 0) is 24.3 Å². The summed E-state index contributed by atoms with van der Waals surface area (Å²) in [7, 11) is 1.94. The molecule has 56 valence electrons. The number of nitrogens with zero attached hydrogens (tertiary/aromatic N) is 1. The van der Waals surface area contributed by atoms with E-state index in [0.717, 1.165) is 10.9 Å². The molecule has 0 aliphatic carbocycles. The number of hydrogen-bond acceptors (Lipinski definition) is 0. The molecule has 1 nitrogen and oxygen atoms in total. The molecule has 0 radical (unpaired) electrons. The van der Waals surface area contributed by atoms with E-state index in [4.69, 9.17) is 0 Å². The number of benzene rings is 1. The zero-order valence-corrected chi connectivity index (χ0v) is 6.21. The van der Waals surface area contributed by atoms with Crippen LogP contribution < -0.4 is 0 Å². The highest BCUT2D eigenvalue weighted by Crippen LogP contribution is 2.15. The van der Waals surface area contributed by atoms with Crippen LogP contribution in [0.3, 0.4) is 0 Å². The highest BCUT2D eigenvalue weighted by Gasteiger charge is 1.97. The minimum absolute atomic E-state index is 0.177. The van der Waals surface area contributed by atoms with Crippen molar-refractivity contribution in [3.8, 4) is 0 Å². The molecule has 0 fully saturated rings. The van der Waals surface area contributed by atoms with Crippen LogP contribution in [-0.4, -0.2) is 4.57 Å². The maximum absolute atomic E-state index is 12.6. The van der Waals surface area contributed by atoms with E-state index in [-0.39, 0.29) is 5.82 Å². The van der Waals surface area contributed by atoms with Crippen molar-refractivity contribution in [3.63, 3.8) is 0 Å². The topological polar surface area (TPSA) is 4.93 Å². The summed E-state index contributed by atoms with van der Waals surface area (Å²) in [6.07, 6.45) is 1.92. The van der Waals surface area contributed by atoms with Crippen molar-refractivity contribution < 1.29 is 4.39 Å². The molecule has 0 saturated heterocycles. The van der Waals surface area contributed by atoms with Crippen LogP contribution in [-0.2, 0) is 7.05 Å². The smallest absolute Gasteiger partial charge is 0.123 e. The summed E-state index contributed by atoms with van der Waals surface area (Å²) < 4.78 is 14.6. The third kappa shape index (κ3) is 0.909. The molecule has 2 heteroatoms. The number of halogens is 1. The van der Waals surface area contributed by atoms with Crippen molar-refractivity contribution in [3.05, 3.63) is 36.3 Å². The monoisotopic (exact) mass is 148 g/mol. The Balaban J connectivity index is 2.86. The molecule has 0 unspecified atom stereocenters. The van der Waals surface area contributed by atoms with Crippen LogP contribution in [0.4, 0.5) is 4.39 Å². The molecule has 0 spiro atoms. The van der Waals surface area contributed by atoms with Crippen molar-refractivity contribution in [2.45, 2.75) is 0 Å². The molecular formula is C9H8FN. The number of hydrogen-bond donors (Lipinski definition) is 0. The lowest BCUT2D eigenvalue weighted by Gasteiger charge is -1.94. The summed E-state index contributed by atoms with van der Waals surface area (Å²) in [5.41, 5.74) is 1.06. The first-order valence-corrected chi connectivity index (χ1v) is 3.48. The quantitative estimate of drug-likeness (QED) is 0.540. The Morgan fingerprint density at radius 2 is 2.09 bits per heavy atom. The standard InChI is InChI=1S/C9H8FN/c1-11-5-4-7-6-8(10)2-3-9(7)11/h2-6H,1H3/i10-1. The van der Waals surface area contributed by atoms with Crippen molar-refractivity contribution in [2.75, 3.05) is 0 Å². The zero-order valence-electron chi connectivity index (χ0n) is 6.21. The highest BCUT2D eigenvalue weighted by molar-refractivity contribution is 5.79. The fraction of sp³-hybridized carbons (Fsp3) is 0.111. The van der Waals surface area contributed by atoms with Gasteiger partial charge in [0.15, 0.2) is 0 Å². The molecule has 0 aliphatic rings. The van der Waals surface area contributed by atoms with Gasteiger partial charge in [-0.15, -0.1) is 0 Å². The minimum Gasteiger partial charge on any atom is -0.351 e. The Morgan fingerprint density at radius 3 is 2.91 bits per heavy atom. The van der Waals surface area contributed by atoms with Crippen LogP contribution in [0.15, 0.2) is 30.5 Å². The van der Waals surface area contributed by atoms with Crippen LogP contribution in [0, 0.1) is 5.82 Å². The number of fused-ring (bicyclic) bond motifs is 1. The summed E-state index contributed by atoms with van der Waals surface area (Å²) in [4.78, 5) is 0. The van der Waals surface area contributed by atoms with E-state index >= 15 is 0 Å². The predicted molar refractivity (Wildman–Crippen MR) is 42.9 cm³/mol. The van der Waals surface area contributed by atoms with E-state index in [1.54, 1.807) is 6.07 Å². The molecule has 0 bridgehead atoms. The maximum atomic E-state index is 12.6. The Labute approximate surface area is 64.1 Å². The molecular weight excluding hydrogens is 140 g/mol. The molecule has 0 aliphatic heterocycles. The molecule has 0 atom stereocenters. The summed E-state index contributed by atoms with van der Waals surface area (Å²) in [5.74, 6) is -0.177. The second-order valence-electron chi connectivity index (χ2n) is 2.63. The molecule has 1 heterocycles. The largest absolute Gasteiger partial charge is 0.351 e. The van der Waals surface area contributed by atoms with Gasteiger partial charge < -0.3 is 4.57 Å². The Kier molecular flexibility index (Phi) is 1.22. The lowest BCUT2D eigenvalue weighted by Crippen LogP contribution is -1.83. The van der Waals surface area contributed by atoms with E-state index in [1.165, 1.54) is 12.1 Å². The second kappa shape index (κ2) is 2.09. The Hall–Kier alpha value is -1.31. The molecule has 11 heavy (non-hydrogen) atoms. The normalized spacial score (nSPS) is 10.7. The van der Waals surface area contributed by atoms with Gasteiger partial charge in [-0.25, -0.2) is 4.39 Å². The van der Waals surface area contributed by atoms with E-state index in [1.807, 2.05) is 23.9 Å². The lowest BCUT2D eigenvalue weighted by molar-refractivity contribution is 0.629. The van der Waals surface area contributed by atoms with E-state index in [9.17, 15) is 4.39 Å². The summed E-state index contributed by atoms with van der Waals surface area (Å²) >= 11 is 0. The van der Waals surface area contributed by atoms with Crippen LogP contribution in [0.1, 0.15) is 0 Å². The van der Waals surface area contributed by atoms with Gasteiger partial charge >= 0.3 is 0 Å². The molecule has 0 amide bonds. The summed E-state index contributed by atoms with van der Waals surface area (Å²) in [5, 5.41) is 0.951. The SMILES string of the molecule is Cn1ccc2cc([18F])ccc21. The lowest BCUT2D eigenvalue weighted by atomic mass is 10.2. The maximum Gasteiger partial charge on any atom is 0.123 e. The molecule has 1 aromatic heterocycles. The van der Waals surface area contributed by atoms with Gasteiger partial charge in [0.05, 0.1) is 0 Å². The third-order valence-corrected chi connectivity index (χ3v) is 1.85. The van der Waals surface area contributed by atoms with Crippen molar-refractivity contribution in [1.29, 1.82) is 0 Å². The fourth-order valence-electron chi connectivity index (χ4n) is 1.25. The number of aryl methyl sites for hydroxylation is 1. The highest BCUT2D eigenvalue weighted by atomic mass is 18.2. The predicted octanol–water partition coefficient (Wildman–Crippen LogP) is 2.32. The number of aromatic nitrogens is 1. The van der Waals surface area contributed by atoms with Crippen LogP contribution >= 0.6 is 0 Å². The van der Waals surface area contributed by atoms with E-state index in [0.29, 0.717) is 0 Å². The molecule has 0 N–H and O–H groups in total. The first-order valence-electron chi connectivity index (χ1n) is 3.48.